The third-order valence-electron chi connectivity index (χ3n) is 7.23. The van der Waals surface area contributed by atoms with Crippen molar-refractivity contribution < 1.29 is 41.7 Å². The van der Waals surface area contributed by atoms with Gasteiger partial charge in [0.05, 0.1) is 31.0 Å². The second-order valence-electron chi connectivity index (χ2n) is 11.0. The number of pyridine rings is 2. The van der Waals surface area contributed by atoms with Crippen LogP contribution in [0.15, 0.2) is 59.9 Å². The molecule has 2 amide bonds. The molecule has 2 aromatic heterocycles. The number of carbonyl (C=O) groups excluding carboxylic acids is 2. The quantitative estimate of drug-likeness (QED) is 0.203. The Morgan fingerprint density at radius 1 is 1.22 bits per heavy atom. The van der Waals surface area contributed by atoms with Gasteiger partial charge in [-0.15, -0.1) is 0 Å². The number of primary amides is 1. The number of ether oxygens (including phenoxy) is 2. The van der Waals surface area contributed by atoms with Crippen LogP contribution < -0.4 is 20.5 Å². The van der Waals surface area contributed by atoms with Crippen LogP contribution in [0.4, 0.5) is 17.6 Å². The molecule has 1 aliphatic rings. The standard InChI is InChI=1S/C31H29ClF4N4O5/c1-15(6-8-20(33)16(2)32)24-26-19(29(3,4)14-45-26)12-23(40-24)30(43,31(34,35)36)13-38-28(42)18-10-17-7-9-21(27(37)41)39-25(17)22(11-18)44-5/h6-12,43H,1,13-14H2,2-5H3,(H2,37,41)(H,38,42). The Morgan fingerprint density at radius 3 is 2.51 bits per heavy atom. The zero-order valence-corrected chi connectivity index (χ0v) is 25.4. The van der Waals surface area contributed by atoms with Crippen LogP contribution in [-0.4, -0.2) is 53.3 Å². The monoisotopic (exact) mass is 648 g/mol. The normalized spacial score (nSPS) is 16.0. The number of alkyl halides is 3. The van der Waals surface area contributed by atoms with Crippen molar-refractivity contribution in [1.29, 1.82) is 0 Å². The van der Waals surface area contributed by atoms with Crippen molar-refractivity contribution in [3.8, 4) is 11.5 Å². The SMILES string of the molecule is C=C(C=CC(F)=C(C)Cl)c1nc(C(O)(CNC(=O)c2cc(OC)c3nc(C(N)=O)ccc3c2)C(F)(F)F)cc2c1OCC2(C)C. The summed E-state index contributed by atoms with van der Waals surface area (Å²) in [5.74, 6) is -2.38. The summed E-state index contributed by atoms with van der Waals surface area (Å²) >= 11 is 5.66. The molecular weight excluding hydrogens is 620 g/mol. The van der Waals surface area contributed by atoms with Gasteiger partial charge in [0, 0.05) is 21.9 Å². The minimum atomic E-state index is -5.32. The van der Waals surface area contributed by atoms with Crippen molar-refractivity contribution in [2.24, 2.45) is 5.73 Å². The molecule has 0 saturated carbocycles. The molecule has 0 saturated heterocycles. The Balaban J connectivity index is 1.75. The summed E-state index contributed by atoms with van der Waals surface area (Å²) in [5, 5.41) is 13.5. The van der Waals surface area contributed by atoms with E-state index in [4.69, 9.17) is 26.8 Å². The largest absolute Gasteiger partial charge is 0.494 e. The first-order valence-corrected chi connectivity index (χ1v) is 13.7. The summed E-state index contributed by atoms with van der Waals surface area (Å²) in [4.78, 5) is 32.9. The highest BCUT2D eigenvalue weighted by atomic mass is 35.5. The smallest absolute Gasteiger partial charge is 0.424 e. The van der Waals surface area contributed by atoms with Crippen LogP contribution in [0.2, 0.25) is 0 Å². The molecule has 1 aromatic carbocycles. The van der Waals surface area contributed by atoms with Crippen LogP contribution in [0.5, 0.6) is 11.5 Å². The van der Waals surface area contributed by atoms with Gasteiger partial charge in [-0.05, 0) is 42.8 Å². The summed E-state index contributed by atoms with van der Waals surface area (Å²) in [6.07, 6.45) is -3.17. The molecule has 238 valence electrons. The van der Waals surface area contributed by atoms with E-state index in [0.29, 0.717) is 10.9 Å². The summed E-state index contributed by atoms with van der Waals surface area (Å²) in [6, 6.07) is 6.40. The van der Waals surface area contributed by atoms with Gasteiger partial charge >= 0.3 is 6.18 Å². The van der Waals surface area contributed by atoms with Gasteiger partial charge < -0.3 is 25.6 Å². The number of benzene rings is 1. The number of nitrogens with two attached hydrogens (primary N) is 1. The molecule has 4 N–H and O–H groups in total. The van der Waals surface area contributed by atoms with Crippen molar-refractivity contribution in [2.45, 2.75) is 38.0 Å². The van der Waals surface area contributed by atoms with Crippen LogP contribution in [0.25, 0.3) is 16.5 Å². The second-order valence-corrected chi connectivity index (χ2v) is 11.6. The molecule has 0 bridgehead atoms. The fraction of sp³-hybridized carbons (Fsp3) is 0.290. The Kier molecular flexibility index (Phi) is 9.00. The van der Waals surface area contributed by atoms with E-state index < -0.39 is 47.1 Å². The van der Waals surface area contributed by atoms with Gasteiger partial charge in [0.15, 0.2) is 0 Å². The fourth-order valence-corrected chi connectivity index (χ4v) is 4.65. The van der Waals surface area contributed by atoms with E-state index in [2.05, 4.69) is 21.9 Å². The number of rotatable bonds is 9. The van der Waals surface area contributed by atoms with E-state index in [0.717, 1.165) is 12.1 Å². The maximum atomic E-state index is 14.6. The molecular formula is C31H29ClF4N4O5. The third-order valence-corrected chi connectivity index (χ3v) is 7.41. The van der Waals surface area contributed by atoms with E-state index in [-0.39, 0.29) is 51.2 Å². The summed E-state index contributed by atoms with van der Waals surface area (Å²) in [6.45, 7) is 7.34. The van der Waals surface area contributed by atoms with E-state index in [1.165, 1.54) is 44.4 Å². The van der Waals surface area contributed by atoms with Gasteiger partial charge in [0.2, 0.25) is 5.60 Å². The zero-order chi connectivity index (χ0) is 33.5. The van der Waals surface area contributed by atoms with Crippen molar-refractivity contribution in [1.82, 2.24) is 15.3 Å². The van der Waals surface area contributed by atoms with Crippen LogP contribution in [-0.2, 0) is 11.0 Å². The minimum absolute atomic E-state index is 0.0104. The van der Waals surface area contributed by atoms with E-state index in [1.54, 1.807) is 13.8 Å². The lowest BCUT2D eigenvalue weighted by atomic mass is 9.84. The van der Waals surface area contributed by atoms with E-state index in [1.807, 2.05) is 0 Å². The van der Waals surface area contributed by atoms with Crippen LogP contribution >= 0.6 is 11.6 Å². The Bertz CT molecular complexity index is 1780. The number of aromatic nitrogens is 2. The molecule has 3 aromatic rings. The molecule has 14 heteroatoms. The highest BCUT2D eigenvalue weighted by Gasteiger charge is 2.57. The molecule has 1 unspecified atom stereocenters. The lowest BCUT2D eigenvalue weighted by Crippen LogP contribution is -2.51. The Hall–Kier alpha value is -4.49. The summed E-state index contributed by atoms with van der Waals surface area (Å²) in [7, 11) is 1.28. The number of allylic oxidation sites excluding steroid dienone is 5. The second kappa shape index (κ2) is 12.1. The van der Waals surface area contributed by atoms with Gasteiger partial charge in [0.25, 0.3) is 11.8 Å². The van der Waals surface area contributed by atoms with Crippen LogP contribution in [0, 0.1) is 0 Å². The average Bonchev–Trinajstić information content (AvgIpc) is 3.29. The number of aliphatic hydroxyl groups is 1. The highest BCUT2D eigenvalue weighted by molar-refractivity contribution is 6.29. The molecule has 45 heavy (non-hydrogen) atoms. The fourth-order valence-electron chi connectivity index (χ4n) is 4.58. The van der Waals surface area contributed by atoms with Gasteiger partial charge in [0.1, 0.15) is 34.2 Å². The number of hydrogen-bond acceptors (Lipinski definition) is 7. The van der Waals surface area contributed by atoms with Gasteiger partial charge in [-0.25, -0.2) is 14.4 Å². The Morgan fingerprint density at radius 2 is 1.91 bits per heavy atom. The number of carbonyl (C=O) groups is 2. The van der Waals surface area contributed by atoms with Crippen molar-refractivity contribution in [3.05, 3.63) is 88.1 Å². The highest BCUT2D eigenvalue weighted by Crippen LogP contribution is 2.46. The predicted molar refractivity (Wildman–Crippen MR) is 160 cm³/mol. The van der Waals surface area contributed by atoms with Crippen LogP contribution in [0.3, 0.4) is 0 Å². The van der Waals surface area contributed by atoms with E-state index >= 15 is 0 Å². The number of nitrogens with zero attached hydrogens (tertiary/aromatic N) is 2. The van der Waals surface area contributed by atoms with Gasteiger partial charge in [-0.1, -0.05) is 44.2 Å². The maximum absolute atomic E-state index is 14.6. The number of hydrogen-bond donors (Lipinski definition) is 3. The first-order chi connectivity index (χ1) is 20.9. The average molecular weight is 649 g/mol. The lowest BCUT2D eigenvalue weighted by molar-refractivity contribution is -0.265. The van der Waals surface area contributed by atoms with Crippen molar-refractivity contribution >= 4 is 39.9 Å². The third kappa shape index (κ3) is 6.50. The molecule has 0 radical (unpaired) electrons. The molecule has 1 aliphatic heterocycles. The predicted octanol–water partition coefficient (Wildman–Crippen LogP) is 5.60. The van der Waals surface area contributed by atoms with E-state index in [9.17, 15) is 32.3 Å². The number of fused-ring (bicyclic) bond motifs is 2. The first kappa shape index (κ1) is 33.4. The zero-order valence-electron chi connectivity index (χ0n) is 24.6. The molecule has 0 aliphatic carbocycles. The molecule has 4 rings (SSSR count). The first-order valence-electron chi connectivity index (χ1n) is 13.3. The molecule has 9 nitrogen and oxygen atoms in total. The Labute approximate surface area is 260 Å². The summed E-state index contributed by atoms with van der Waals surface area (Å²) < 4.78 is 69.0. The van der Waals surface area contributed by atoms with Crippen molar-refractivity contribution in [2.75, 3.05) is 20.3 Å². The molecule has 0 spiro atoms. The van der Waals surface area contributed by atoms with Gasteiger partial charge in [-0.2, -0.15) is 13.2 Å². The van der Waals surface area contributed by atoms with Crippen molar-refractivity contribution in [3.63, 3.8) is 0 Å². The molecule has 0 fully saturated rings. The maximum Gasteiger partial charge on any atom is 0.424 e. The molecule has 1 atom stereocenters. The number of halogens is 5. The summed E-state index contributed by atoms with van der Waals surface area (Å²) in [5.41, 5.74) is 0.153. The van der Waals surface area contributed by atoms with Gasteiger partial charge in [-0.3, -0.25) is 9.59 Å². The lowest BCUT2D eigenvalue weighted by Gasteiger charge is -2.31. The number of nitrogens with one attached hydrogen (secondary N) is 1. The minimum Gasteiger partial charge on any atom is -0.494 e. The topological polar surface area (TPSA) is 137 Å². The molecule has 3 heterocycles. The van der Waals surface area contributed by atoms with Crippen LogP contribution in [0.1, 0.15) is 58.6 Å². The number of methoxy groups -OCH3 is 1. The number of amides is 2.